The lowest BCUT2D eigenvalue weighted by Gasteiger charge is -2.36. The lowest BCUT2D eigenvalue weighted by Crippen LogP contribution is -2.48. The minimum Gasteiger partial charge on any atom is -0.394 e. The third-order valence-electron chi connectivity index (χ3n) is 3.82. The van der Waals surface area contributed by atoms with E-state index in [-0.39, 0.29) is 5.04 Å². The van der Waals surface area contributed by atoms with Crippen molar-refractivity contribution < 1.29 is 8.85 Å². The van der Waals surface area contributed by atoms with E-state index in [0.717, 1.165) is 25.2 Å². The molecule has 16 heavy (non-hydrogen) atoms. The summed E-state index contributed by atoms with van der Waals surface area (Å²) >= 11 is 0. The van der Waals surface area contributed by atoms with Crippen molar-refractivity contribution in [3.63, 3.8) is 0 Å². The highest BCUT2D eigenvalue weighted by molar-refractivity contribution is 6.72. The molecule has 1 aliphatic rings. The second-order valence-corrected chi connectivity index (χ2v) is 8.85. The van der Waals surface area contributed by atoms with Crippen LogP contribution in [0, 0.1) is 5.92 Å². The lowest BCUT2D eigenvalue weighted by atomic mass is 10.4. The molecule has 1 rings (SSSR count). The molecule has 0 amide bonds. The Hall–Kier alpha value is -0.123. The molecule has 0 aromatic carbocycles. The van der Waals surface area contributed by atoms with Gasteiger partial charge in [-0.25, -0.2) is 0 Å². The van der Waals surface area contributed by atoms with Crippen molar-refractivity contribution in [1.29, 1.82) is 0 Å². The van der Waals surface area contributed by atoms with E-state index in [9.17, 15) is 0 Å². The molecule has 1 saturated carbocycles. The van der Waals surface area contributed by atoms with Gasteiger partial charge in [0.2, 0.25) is 0 Å². The zero-order valence-corrected chi connectivity index (χ0v) is 12.4. The molecule has 0 bridgehead atoms. The summed E-state index contributed by atoms with van der Waals surface area (Å²) in [6.45, 7) is 16.4. The van der Waals surface area contributed by atoms with E-state index < -0.39 is 8.56 Å². The summed E-state index contributed by atoms with van der Waals surface area (Å²) in [7, 11) is -2.11. The average Bonchev–Trinajstić information content (AvgIpc) is 2.76. The van der Waals surface area contributed by atoms with Crippen LogP contribution in [0.25, 0.3) is 0 Å². The monoisotopic (exact) mass is 242 g/mol. The van der Waals surface area contributed by atoms with Gasteiger partial charge in [0, 0.05) is 24.3 Å². The minimum absolute atomic E-state index is 0.290. The summed E-state index contributed by atoms with van der Waals surface area (Å²) in [6, 6.07) is 0.940. The molecular weight excluding hydrogens is 216 g/mol. The van der Waals surface area contributed by atoms with E-state index in [2.05, 4.69) is 41.2 Å². The molecule has 0 aromatic heterocycles. The summed E-state index contributed by atoms with van der Waals surface area (Å²) in [5.41, 5.74) is 1.19. The van der Waals surface area contributed by atoms with Gasteiger partial charge < -0.3 is 8.85 Å². The van der Waals surface area contributed by atoms with E-state index in [1.54, 1.807) is 0 Å². The van der Waals surface area contributed by atoms with Crippen LogP contribution in [0.15, 0.2) is 12.2 Å². The predicted molar refractivity (Wildman–Crippen MR) is 70.8 cm³/mol. The van der Waals surface area contributed by atoms with Gasteiger partial charge in [-0.2, -0.15) is 0 Å². The topological polar surface area (TPSA) is 18.5 Å². The van der Waals surface area contributed by atoms with Crippen LogP contribution in [0.1, 0.15) is 41.0 Å². The van der Waals surface area contributed by atoms with Crippen LogP contribution in [0.5, 0.6) is 0 Å². The maximum Gasteiger partial charge on any atom is 0.348 e. The van der Waals surface area contributed by atoms with Gasteiger partial charge in [0.15, 0.2) is 0 Å². The summed E-state index contributed by atoms with van der Waals surface area (Å²) in [4.78, 5) is 0. The van der Waals surface area contributed by atoms with Gasteiger partial charge in [-0.15, -0.1) is 6.58 Å². The fraction of sp³-hybridized carbons (Fsp3) is 0.846. The quantitative estimate of drug-likeness (QED) is 0.498. The highest BCUT2D eigenvalue weighted by atomic mass is 28.4. The zero-order valence-electron chi connectivity index (χ0n) is 11.4. The molecule has 0 aromatic rings. The standard InChI is InChI=1S/C13H26O2Si/c1-7-14-16(15-8-2,10-11(3)4)13(6)9-12(13)5/h12H,3,7-10H2,1-2,4-6H3. The van der Waals surface area contributed by atoms with Crippen molar-refractivity contribution in [2.24, 2.45) is 5.92 Å². The molecule has 1 aliphatic carbocycles. The summed E-state index contributed by atoms with van der Waals surface area (Å²) in [5, 5.41) is 0.290. The van der Waals surface area contributed by atoms with E-state index >= 15 is 0 Å². The van der Waals surface area contributed by atoms with Gasteiger partial charge in [-0.05, 0) is 33.1 Å². The van der Waals surface area contributed by atoms with Gasteiger partial charge in [-0.1, -0.05) is 19.4 Å². The Kier molecular flexibility index (Phi) is 4.38. The fourth-order valence-corrected chi connectivity index (χ4v) is 7.09. The van der Waals surface area contributed by atoms with Gasteiger partial charge in [-0.3, -0.25) is 0 Å². The highest BCUT2D eigenvalue weighted by Crippen LogP contribution is 2.67. The van der Waals surface area contributed by atoms with Crippen LogP contribution < -0.4 is 0 Å². The molecule has 94 valence electrons. The largest absolute Gasteiger partial charge is 0.394 e. The molecule has 2 unspecified atom stereocenters. The van der Waals surface area contributed by atoms with Gasteiger partial charge in [0.05, 0.1) is 0 Å². The van der Waals surface area contributed by atoms with Crippen LogP contribution in [0.2, 0.25) is 11.1 Å². The highest BCUT2D eigenvalue weighted by Gasteiger charge is 2.66. The normalized spacial score (nSPS) is 29.2. The van der Waals surface area contributed by atoms with Gasteiger partial charge in [0.1, 0.15) is 0 Å². The molecule has 1 fully saturated rings. The second-order valence-electron chi connectivity index (χ2n) is 5.28. The summed E-state index contributed by atoms with van der Waals surface area (Å²) in [6.07, 6.45) is 1.24. The molecule has 0 radical (unpaired) electrons. The van der Waals surface area contributed by atoms with E-state index in [1.165, 1.54) is 12.0 Å². The number of rotatable bonds is 7. The molecule has 0 saturated heterocycles. The van der Waals surface area contributed by atoms with Crippen molar-refractivity contribution in [1.82, 2.24) is 0 Å². The van der Waals surface area contributed by atoms with Gasteiger partial charge >= 0.3 is 8.56 Å². The summed E-state index contributed by atoms with van der Waals surface area (Å²) in [5.74, 6) is 0.733. The van der Waals surface area contributed by atoms with E-state index in [4.69, 9.17) is 8.85 Å². The Bertz CT molecular complexity index is 259. The maximum absolute atomic E-state index is 6.13. The molecule has 0 spiro atoms. The predicted octanol–water partition coefficient (Wildman–Crippen LogP) is 3.88. The van der Waals surface area contributed by atoms with E-state index in [0.29, 0.717) is 0 Å². The first kappa shape index (κ1) is 13.9. The Morgan fingerprint density at radius 1 is 1.38 bits per heavy atom. The second kappa shape index (κ2) is 5.03. The van der Waals surface area contributed by atoms with Crippen molar-refractivity contribution in [2.75, 3.05) is 13.2 Å². The molecule has 2 nitrogen and oxygen atoms in total. The van der Waals surface area contributed by atoms with Crippen LogP contribution in [0.4, 0.5) is 0 Å². The third kappa shape index (κ3) is 2.41. The van der Waals surface area contributed by atoms with E-state index in [1.807, 2.05) is 0 Å². The molecule has 0 aliphatic heterocycles. The van der Waals surface area contributed by atoms with Crippen molar-refractivity contribution >= 4 is 8.56 Å². The Labute approximate surface area is 101 Å². The van der Waals surface area contributed by atoms with Crippen molar-refractivity contribution in [3.8, 4) is 0 Å². The lowest BCUT2D eigenvalue weighted by molar-refractivity contribution is 0.170. The average molecular weight is 242 g/mol. The number of hydrogen-bond acceptors (Lipinski definition) is 2. The molecule has 2 atom stereocenters. The van der Waals surface area contributed by atoms with Crippen LogP contribution >= 0.6 is 0 Å². The maximum atomic E-state index is 6.13. The zero-order chi connectivity index (χ0) is 12.4. The fourth-order valence-electron chi connectivity index (χ4n) is 2.65. The molecule has 0 heterocycles. The first-order valence-corrected chi connectivity index (χ1v) is 8.36. The Morgan fingerprint density at radius 2 is 1.81 bits per heavy atom. The van der Waals surface area contributed by atoms with Crippen molar-refractivity contribution in [2.45, 2.75) is 52.1 Å². The van der Waals surface area contributed by atoms with Gasteiger partial charge in [0.25, 0.3) is 0 Å². The van der Waals surface area contributed by atoms with Crippen molar-refractivity contribution in [3.05, 3.63) is 12.2 Å². The molecule has 3 heteroatoms. The summed E-state index contributed by atoms with van der Waals surface area (Å²) < 4.78 is 12.3. The first-order valence-electron chi connectivity index (χ1n) is 6.34. The number of hydrogen-bond donors (Lipinski definition) is 0. The number of allylic oxidation sites excluding steroid dienone is 1. The minimum atomic E-state index is -2.11. The van der Waals surface area contributed by atoms with Crippen LogP contribution in [-0.4, -0.2) is 21.8 Å². The Morgan fingerprint density at radius 3 is 2.06 bits per heavy atom. The Balaban J connectivity index is 2.91. The third-order valence-corrected chi connectivity index (χ3v) is 8.83. The first-order chi connectivity index (χ1) is 7.42. The molecule has 0 N–H and O–H groups in total. The van der Waals surface area contributed by atoms with Crippen LogP contribution in [-0.2, 0) is 8.85 Å². The molecular formula is C13H26O2Si. The van der Waals surface area contributed by atoms with Crippen LogP contribution in [0.3, 0.4) is 0 Å². The SMILES string of the molecule is C=C(C)C[Si](OCC)(OCC)C1(C)CC1C. The smallest absolute Gasteiger partial charge is 0.348 e.